The summed E-state index contributed by atoms with van der Waals surface area (Å²) in [5.74, 6) is -1.05. The molecule has 11 heteroatoms. The lowest BCUT2D eigenvalue weighted by molar-refractivity contribution is -0.141. The molecule has 2 aromatic rings. The number of aromatic nitrogens is 1. The van der Waals surface area contributed by atoms with E-state index in [0.717, 1.165) is 12.8 Å². The number of furan rings is 1. The van der Waals surface area contributed by atoms with Crippen LogP contribution in [0, 0.1) is 12.8 Å². The number of imide groups is 1. The Morgan fingerprint density at radius 1 is 1.39 bits per heavy atom. The van der Waals surface area contributed by atoms with Gasteiger partial charge in [0.25, 0.3) is 11.8 Å². The van der Waals surface area contributed by atoms with Gasteiger partial charge in [-0.3, -0.25) is 15.0 Å². The summed E-state index contributed by atoms with van der Waals surface area (Å²) in [6.45, 7) is 3.15. The fourth-order valence-corrected chi connectivity index (χ4v) is 4.63. The molecule has 10 nitrogen and oxygen atoms in total. The second kappa shape index (κ2) is 8.14. The number of nitrogens with one attached hydrogen (secondary N) is 2. The molecule has 1 saturated heterocycles. The standard InChI is InChI=1S/C20H22N4O6S/c1-11-5-7-20(8-6-11)18(27)24(19(28)22-20)23-14(25)10-30-17(26)15-12(2)31-16(21-15)13-4-3-9-29-13/h3-4,9,11H,5-8,10H2,1-2H3,(H,22,28)(H,23,25). The van der Waals surface area contributed by atoms with Crippen LogP contribution in [0.5, 0.6) is 0 Å². The molecule has 3 heterocycles. The van der Waals surface area contributed by atoms with Crippen molar-refractivity contribution in [2.45, 2.75) is 45.1 Å². The van der Waals surface area contributed by atoms with Gasteiger partial charge in [-0.05, 0) is 50.7 Å². The maximum absolute atomic E-state index is 12.8. The SMILES string of the molecule is Cc1sc(-c2ccco2)nc1C(=O)OCC(=O)NN1C(=O)NC2(CCC(C)CC2)C1=O. The van der Waals surface area contributed by atoms with Gasteiger partial charge in [0.1, 0.15) is 5.54 Å². The number of amides is 4. The fraction of sp³-hybridized carbons (Fsp3) is 0.450. The van der Waals surface area contributed by atoms with E-state index in [-0.39, 0.29) is 5.69 Å². The second-order valence-corrected chi connectivity index (χ2v) is 9.05. The van der Waals surface area contributed by atoms with Crippen molar-refractivity contribution >= 4 is 35.2 Å². The zero-order valence-corrected chi connectivity index (χ0v) is 17.9. The highest BCUT2D eigenvalue weighted by Gasteiger charge is 2.52. The molecular weight excluding hydrogens is 424 g/mol. The van der Waals surface area contributed by atoms with Crippen molar-refractivity contribution in [1.82, 2.24) is 20.7 Å². The Morgan fingerprint density at radius 3 is 2.81 bits per heavy atom. The maximum Gasteiger partial charge on any atom is 0.358 e. The molecule has 1 spiro atoms. The molecule has 0 radical (unpaired) electrons. The summed E-state index contributed by atoms with van der Waals surface area (Å²) in [6.07, 6.45) is 4.20. The second-order valence-electron chi connectivity index (χ2n) is 7.85. The van der Waals surface area contributed by atoms with Crippen LogP contribution < -0.4 is 10.7 Å². The minimum Gasteiger partial charge on any atom is -0.462 e. The molecule has 0 bridgehead atoms. The first kappa shape index (κ1) is 21.0. The van der Waals surface area contributed by atoms with Crippen LogP contribution in [0.15, 0.2) is 22.8 Å². The highest BCUT2D eigenvalue weighted by atomic mass is 32.1. The average molecular weight is 446 g/mol. The van der Waals surface area contributed by atoms with Crippen LogP contribution in [0.2, 0.25) is 0 Å². The highest BCUT2D eigenvalue weighted by Crippen LogP contribution is 2.35. The smallest absolute Gasteiger partial charge is 0.358 e. The third-order valence-electron chi connectivity index (χ3n) is 5.58. The number of hydrogen-bond acceptors (Lipinski definition) is 8. The molecule has 31 heavy (non-hydrogen) atoms. The molecule has 0 atom stereocenters. The van der Waals surface area contributed by atoms with Crippen molar-refractivity contribution < 1.29 is 28.3 Å². The van der Waals surface area contributed by atoms with Gasteiger partial charge < -0.3 is 14.5 Å². The highest BCUT2D eigenvalue weighted by molar-refractivity contribution is 7.15. The Hall–Kier alpha value is -3.21. The lowest BCUT2D eigenvalue weighted by Crippen LogP contribution is -2.52. The van der Waals surface area contributed by atoms with Crippen molar-refractivity contribution in [3.63, 3.8) is 0 Å². The lowest BCUT2D eigenvalue weighted by atomic mass is 9.77. The van der Waals surface area contributed by atoms with Crippen molar-refractivity contribution in [2.75, 3.05) is 6.61 Å². The molecule has 0 unspecified atom stereocenters. The summed E-state index contributed by atoms with van der Waals surface area (Å²) in [4.78, 5) is 54.4. The minimum atomic E-state index is -0.965. The summed E-state index contributed by atoms with van der Waals surface area (Å²) in [6, 6.07) is 2.75. The molecule has 2 aliphatic rings. The zero-order chi connectivity index (χ0) is 22.2. The van der Waals surface area contributed by atoms with E-state index in [2.05, 4.69) is 22.7 Å². The van der Waals surface area contributed by atoms with Crippen LogP contribution in [0.3, 0.4) is 0 Å². The zero-order valence-electron chi connectivity index (χ0n) is 17.1. The van der Waals surface area contributed by atoms with E-state index >= 15 is 0 Å². The van der Waals surface area contributed by atoms with Crippen LogP contribution in [0.25, 0.3) is 10.8 Å². The predicted molar refractivity (Wildman–Crippen MR) is 109 cm³/mol. The molecule has 4 rings (SSSR count). The molecule has 4 amide bonds. The topological polar surface area (TPSA) is 131 Å². The normalized spacial score (nSPS) is 23.2. The van der Waals surface area contributed by atoms with Gasteiger partial charge in [-0.1, -0.05) is 6.92 Å². The van der Waals surface area contributed by atoms with Crippen molar-refractivity contribution in [2.24, 2.45) is 5.92 Å². The first-order valence-corrected chi connectivity index (χ1v) is 10.8. The number of urea groups is 1. The largest absolute Gasteiger partial charge is 0.462 e. The Kier molecular flexibility index (Phi) is 5.52. The number of thiazole rings is 1. The number of carbonyl (C=O) groups excluding carboxylic acids is 4. The molecule has 164 valence electrons. The summed E-state index contributed by atoms with van der Waals surface area (Å²) < 4.78 is 10.3. The Labute approximate surface area is 181 Å². The first-order valence-electron chi connectivity index (χ1n) is 9.94. The van der Waals surface area contributed by atoms with Crippen LogP contribution >= 0.6 is 11.3 Å². The molecule has 1 aliphatic heterocycles. The monoisotopic (exact) mass is 446 g/mol. The minimum absolute atomic E-state index is 0.0782. The number of hydrogen-bond donors (Lipinski definition) is 2. The van der Waals surface area contributed by atoms with Gasteiger partial charge in [0.2, 0.25) is 0 Å². The number of ether oxygens (including phenoxy) is 1. The Morgan fingerprint density at radius 2 is 2.13 bits per heavy atom. The maximum atomic E-state index is 12.8. The number of esters is 1. The van der Waals surface area contributed by atoms with Crippen LogP contribution in [-0.2, 0) is 14.3 Å². The van der Waals surface area contributed by atoms with Crippen molar-refractivity contribution in [1.29, 1.82) is 0 Å². The van der Waals surface area contributed by atoms with Gasteiger partial charge in [0.15, 0.2) is 23.1 Å². The molecule has 2 fully saturated rings. The molecule has 2 aromatic heterocycles. The van der Waals surface area contributed by atoms with Crippen LogP contribution in [0.4, 0.5) is 4.79 Å². The fourth-order valence-electron chi connectivity index (χ4n) is 3.76. The van der Waals surface area contributed by atoms with E-state index < -0.39 is 36.0 Å². The van der Waals surface area contributed by atoms with Crippen LogP contribution in [0.1, 0.15) is 48.0 Å². The average Bonchev–Trinajstić information content (AvgIpc) is 3.45. The number of aryl methyl sites for hydroxylation is 1. The van der Waals surface area contributed by atoms with E-state index in [1.54, 1.807) is 19.1 Å². The first-order chi connectivity index (χ1) is 14.8. The molecule has 1 saturated carbocycles. The number of carbonyl (C=O) groups is 4. The molecule has 2 N–H and O–H groups in total. The Bertz CT molecular complexity index is 1020. The van der Waals surface area contributed by atoms with Gasteiger partial charge in [0.05, 0.1) is 6.26 Å². The van der Waals surface area contributed by atoms with Gasteiger partial charge >= 0.3 is 12.0 Å². The van der Waals surface area contributed by atoms with Gasteiger partial charge in [0, 0.05) is 4.88 Å². The van der Waals surface area contributed by atoms with Gasteiger partial charge in [-0.15, -0.1) is 11.3 Å². The molecule has 1 aliphatic carbocycles. The third-order valence-corrected chi connectivity index (χ3v) is 6.57. The van der Waals surface area contributed by atoms with Crippen LogP contribution in [-0.4, -0.2) is 46.0 Å². The summed E-state index contributed by atoms with van der Waals surface area (Å²) in [7, 11) is 0. The van der Waals surface area contributed by atoms with Crippen molar-refractivity contribution in [3.05, 3.63) is 29.0 Å². The molecular formula is C20H22N4O6S. The lowest BCUT2D eigenvalue weighted by Gasteiger charge is -2.33. The number of rotatable bonds is 5. The van der Waals surface area contributed by atoms with Gasteiger partial charge in [-0.25, -0.2) is 14.6 Å². The van der Waals surface area contributed by atoms with Gasteiger partial charge in [-0.2, -0.15) is 5.01 Å². The van der Waals surface area contributed by atoms with E-state index in [1.807, 2.05) is 0 Å². The van der Waals surface area contributed by atoms with E-state index in [0.29, 0.717) is 39.4 Å². The van der Waals surface area contributed by atoms with Crippen molar-refractivity contribution in [3.8, 4) is 10.8 Å². The number of nitrogens with zero attached hydrogens (tertiary/aromatic N) is 2. The number of hydrazine groups is 1. The quantitative estimate of drug-likeness (QED) is 0.533. The summed E-state index contributed by atoms with van der Waals surface area (Å²) in [5, 5.41) is 3.90. The van der Waals surface area contributed by atoms with E-state index in [4.69, 9.17) is 9.15 Å². The Balaban J connectivity index is 1.34. The summed E-state index contributed by atoms with van der Waals surface area (Å²) in [5.41, 5.74) is 1.35. The predicted octanol–water partition coefficient (Wildman–Crippen LogP) is 2.40. The van der Waals surface area contributed by atoms with E-state index in [1.165, 1.54) is 17.6 Å². The van der Waals surface area contributed by atoms with E-state index in [9.17, 15) is 19.2 Å². The molecule has 0 aromatic carbocycles. The summed E-state index contributed by atoms with van der Waals surface area (Å²) >= 11 is 1.26. The third kappa shape index (κ3) is 4.05.